The minimum Gasteiger partial charge on any atom is -0.364 e. The van der Waals surface area contributed by atoms with Gasteiger partial charge in [0.25, 0.3) is 0 Å². The molecule has 0 radical (unpaired) electrons. The average molecular weight is 324 g/mol. The molecule has 1 heterocycles. The van der Waals surface area contributed by atoms with Crippen LogP contribution in [0.5, 0.6) is 0 Å². The summed E-state index contributed by atoms with van der Waals surface area (Å²) in [6.45, 7) is 4.29. The number of nitrogens with one attached hydrogen (secondary N) is 1. The van der Waals surface area contributed by atoms with Gasteiger partial charge in [-0.15, -0.1) is 0 Å². The molecular formula is C16H22BrNO. The van der Waals surface area contributed by atoms with E-state index < -0.39 is 0 Å². The SMILES string of the molecule is CC1CCC2(CC1)CNCC(c1ccccc1Br)O2. The fourth-order valence-electron chi connectivity index (χ4n) is 3.31. The van der Waals surface area contributed by atoms with Crippen molar-refractivity contribution >= 4 is 15.9 Å². The molecule has 1 aliphatic carbocycles. The van der Waals surface area contributed by atoms with Crippen LogP contribution in [0.1, 0.15) is 44.3 Å². The van der Waals surface area contributed by atoms with E-state index in [0.717, 1.165) is 23.5 Å². The van der Waals surface area contributed by atoms with Crippen LogP contribution in [-0.4, -0.2) is 18.7 Å². The first-order valence-corrected chi connectivity index (χ1v) is 8.11. The van der Waals surface area contributed by atoms with Crippen molar-refractivity contribution in [1.29, 1.82) is 0 Å². The van der Waals surface area contributed by atoms with Crippen LogP contribution in [0.3, 0.4) is 0 Å². The normalized spacial score (nSPS) is 35.5. The van der Waals surface area contributed by atoms with Crippen LogP contribution in [0, 0.1) is 5.92 Å². The molecule has 1 unspecified atom stereocenters. The molecule has 0 bridgehead atoms. The van der Waals surface area contributed by atoms with Crippen molar-refractivity contribution in [3.05, 3.63) is 34.3 Å². The zero-order chi connectivity index (χ0) is 13.3. The van der Waals surface area contributed by atoms with Crippen LogP contribution < -0.4 is 5.32 Å². The van der Waals surface area contributed by atoms with Gasteiger partial charge in [0.2, 0.25) is 0 Å². The van der Waals surface area contributed by atoms with Crippen molar-refractivity contribution < 1.29 is 4.74 Å². The minimum absolute atomic E-state index is 0.0741. The highest BCUT2D eigenvalue weighted by molar-refractivity contribution is 9.10. The second-order valence-electron chi connectivity index (χ2n) is 6.12. The highest BCUT2D eigenvalue weighted by Crippen LogP contribution is 2.40. The Kier molecular flexibility index (Phi) is 3.97. The van der Waals surface area contributed by atoms with E-state index in [-0.39, 0.29) is 11.7 Å². The highest BCUT2D eigenvalue weighted by Gasteiger charge is 2.40. The smallest absolute Gasteiger partial charge is 0.0968 e. The highest BCUT2D eigenvalue weighted by atomic mass is 79.9. The Morgan fingerprint density at radius 2 is 2.00 bits per heavy atom. The van der Waals surface area contributed by atoms with Gasteiger partial charge in [-0.05, 0) is 43.2 Å². The number of hydrogen-bond acceptors (Lipinski definition) is 2. The second kappa shape index (κ2) is 5.55. The maximum absolute atomic E-state index is 6.54. The van der Waals surface area contributed by atoms with Gasteiger partial charge in [0.15, 0.2) is 0 Å². The molecule has 2 aliphatic rings. The van der Waals surface area contributed by atoms with Crippen LogP contribution >= 0.6 is 15.9 Å². The molecule has 3 rings (SSSR count). The van der Waals surface area contributed by atoms with Gasteiger partial charge in [-0.1, -0.05) is 41.1 Å². The number of halogens is 1. The fraction of sp³-hybridized carbons (Fsp3) is 0.625. The summed E-state index contributed by atoms with van der Waals surface area (Å²) < 4.78 is 7.69. The van der Waals surface area contributed by atoms with Crippen LogP contribution in [0.15, 0.2) is 28.7 Å². The Morgan fingerprint density at radius 1 is 1.26 bits per heavy atom. The third kappa shape index (κ3) is 2.88. The molecule has 1 saturated heterocycles. The van der Waals surface area contributed by atoms with Crippen molar-refractivity contribution in [2.24, 2.45) is 5.92 Å². The summed E-state index contributed by atoms with van der Waals surface area (Å²) in [6.07, 6.45) is 5.16. The Hall–Kier alpha value is -0.380. The first kappa shape index (κ1) is 13.6. The molecule has 1 aliphatic heterocycles. The van der Waals surface area contributed by atoms with Gasteiger partial charge in [-0.25, -0.2) is 0 Å². The predicted molar refractivity (Wildman–Crippen MR) is 81.2 cm³/mol. The number of morpholine rings is 1. The topological polar surface area (TPSA) is 21.3 Å². The Balaban J connectivity index is 1.77. The van der Waals surface area contributed by atoms with E-state index in [1.807, 2.05) is 0 Å². The van der Waals surface area contributed by atoms with Gasteiger partial charge in [0, 0.05) is 17.6 Å². The van der Waals surface area contributed by atoms with Gasteiger partial charge < -0.3 is 10.1 Å². The lowest BCUT2D eigenvalue weighted by Crippen LogP contribution is -2.52. The fourth-order valence-corrected chi connectivity index (χ4v) is 3.85. The van der Waals surface area contributed by atoms with E-state index >= 15 is 0 Å². The molecular weight excluding hydrogens is 302 g/mol. The van der Waals surface area contributed by atoms with E-state index in [1.54, 1.807) is 0 Å². The molecule has 1 aromatic rings. The van der Waals surface area contributed by atoms with E-state index in [9.17, 15) is 0 Å². The van der Waals surface area contributed by atoms with Crippen molar-refractivity contribution in [3.8, 4) is 0 Å². The van der Waals surface area contributed by atoms with Crippen molar-refractivity contribution in [2.75, 3.05) is 13.1 Å². The van der Waals surface area contributed by atoms with E-state index in [2.05, 4.69) is 52.4 Å². The molecule has 3 heteroatoms. The quantitative estimate of drug-likeness (QED) is 0.841. The molecule has 1 saturated carbocycles. The first-order chi connectivity index (χ1) is 9.19. The lowest BCUT2D eigenvalue weighted by molar-refractivity contribution is -0.140. The summed E-state index contributed by atoms with van der Waals surface area (Å²) >= 11 is 3.65. The zero-order valence-electron chi connectivity index (χ0n) is 11.5. The average Bonchev–Trinajstić information content (AvgIpc) is 2.43. The summed E-state index contributed by atoms with van der Waals surface area (Å²) in [4.78, 5) is 0. The summed E-state index contributed by atoms with van der Waals surface area (Å²) in [5.41, 5.74) is 1.35. The monoisotopic (exact) mass is 323 g/mol. The van der Waals surface area contributed by atoms with Crippen LogP contribution in [0.25, 0.3) is 0 Å². The third-order valence-electron chi connectivity index (χ3n) is 4.61. The predicted octanol–water partition coefficient (Wildman–Crippen LogP) is 4.06. The van der Waals surface area contributed by atoms with E-state index in [0.29, 0.717) is 0 Å². The van der Waals surface area contributed by atoms with Gasteiger partial charge in [0.1, 0.15) is 0 Å². The molecule has 19 heavy (non-hydrogen) atoms. The van der Waals surface area contributed by atoms with E-state index in [4.69, 9.17) is 4.74 Å². The van der Waals surface area contributed by atoms with Crippen LogP contribution in [0.2, 0.25) is 0 Å². The molecule has 2 nitrogen and oxygen atoms in total. The summed E-state index contributed by atoms with van der Waals surface area (Å²) in [5.74, 6) is 0.859. The van der Waals surface area contributed by atoms with Crippen molar-refractivity contribution in [3.63, 3.8) is 0 Å². The second-order valence-corrected chi connectivity index (χ2v) is 6.98. The number of rotatable bonds is 1. The Morgan fingerprint density at radius 3 is 2.74 bits per heavy atom. The molecule has 0 aromatic heterocycles. The third-order valence-corrected chi connectivity index (χ3v) is 5.33. The maximum Gasteiger partial charge on any atom is 0.0968 e. The summed E-state index contributed by atoms with van der Waals surface area (Å²) in [5, 5.41) is 3.59. The number of benzene rings is 1. The van der Waals surface area contributed by atoms with Gasteiger partial charge in [-0.2, -0.15) is 0 Å². The molecule has 2 fully saturated rings. The minimum atomic E-state index is 0.0741. The lowest BCUT2D eigenvalue weighted by atomic mass is 9.78. The van der Waals surface area contributed by atoms with Gasteiger partial charge >= 0.3 is 0 Å². The Bertz CT molecular complexity index is 440. The molecule has 0 amide bonds. The zero-order valence-corrected chi connectivity index (χ0v) is 13.1. The maximum atomic E-state index is 6.54. The van der Waals surface area contributed by atoms with E-state index in [1.165, 1.54) is 31.2 Å². The van der Waals surface area contributed by atoms with Crippen molar-refractivity contribution in [1.82, 2.24) is 5.32 Å². The molecule has 1 N–H and O–H groups in total. The van der Waals surface area contributed by atoms with Gasteiger partial charge in [0.05, 0.1) is 11.7 Å². The molecule has 1 atom stereocenters. The summed E-state index contributed by atoms with van der Waals surface area (Å²) in [6, 6.07) is 8.42. The summed E-state index contributed by atoms with van der Waals surface area (Å²) in [7, 11) is 0. The Labute approximate surface area is 124 Å². The van der Waals surface area contributed by atoms with Crippen LogP contribution in [-0.2, 0) is 4.74 Å². The number of hydrogen-bond donors (Lipinski definition) is 1. The number of ether oxygens (including phenoxy) is 1. The standard InChI is InChI=1S/C16H22BrNO/c1-12-6-8-16(9-7-12)11-18-10-15(19-16)13-4-2-3-5-14(13)17/h2-5,12,15,18H,6-11H2,1H3. The lowest BCUT2D eigenvalue weighted by Gasteiger charge is -2.45. The van der Waals surface area contributed by atoms with Crippen molar-refractivity contribution in [2.45, 2.75) is 44.3 Å². The molecule has 1 spiro atoms. The van der Waals surface area contributed by atoms with Crippen LogP contribution in [0.4, 0.5) is 0 Å². The largest absolute Gasteiger partial charge is 0.364 e. The van der Waals surface area contributed by atoms with Gasteiger partial charge in [-0.3, -0.25) is 0 Å². The molecule has 104 valence electrons. The first-order valence-electron chi connectivity index (χ1n) is 7.31. The molecule has 1 aromatic carbocycles.